The number of carbonyl (C=O) groups is 1. The van der Waals surface area contributed by atoms with E-state index in [0.717, 1.165) is 12.8 Å². The van der Waals surface area contributed by atoms with Gasteiger partial charge < -0.3 is 15.6 Å². The molecular formula is C14H28N2O3. The molecule has 5 nitrogen and oxygen atoms in total. The average Bonchev–Trinajstić information content (AvgIpc) is 2.24. The second kappa shape index (κ2) is 6.68. The number of nitrogens with zero attached hydrogens (tertiary/aromatic N) is 1. The van der Waals surface area contributed by atoms with E-state index in [1.54, 1.807) is 0 Å². The first kappa shape index (κ1) is 16.4. The molecule has 0 spiro atoms. The normalized spacial score (nSPS) is 27.1. The molecule has 0 aromatic carbocycles. The van der Waals surface area contributed by atoms with Crippen molar-refractivity contribution in [2.45, 2.75) is 58.3 Å². The molecule has 0 aromatic rings. The molecule has 1 aliphatic heterocycles. The predicted molar refractivity (Wildman–Crippen MR) is 74.7 cm³/mol. The van der Waals surface area contributed by atoms with E-state index in [0.29, 0.717) is 13.1 Å². The molecule has 0 bridgehead atoms. The van der Waals surface area contributed by atoms with Gasteiger partial charge in [-0.05, 0) is 39.5 Å². The lowest BCUT2D eigenvalue weighted by atomic mass is 9.89. The van der Waals surface area contributed by atoms with E-state index in [1.807, 2.05) is 32.6 Å². The van der Waals surface area contributed by atoms with Crippen molar-refractivity contribution in [2.24, 2.45) is 11.7 Å². The molecule has 0 amide bonds. The Morgan fingerprint density at radius 3 is 2.63 bits per heavy atom. The average molecular weight is 272 g/mol. The monoisotopic (exact) mass is 272 g/mol. The Hall–Kier alpha value is -0.650. The van der Waals surface area contributed by atoms with Gasteiger partial charge in [0.25, 0.3) is 0 Å². The fraction of sp³-hybridized carbons (Fsp3) is 0.929. The van der Waals surface area contributed by atoms with Crippen molar-refractivity contribution < 1.29 is 14.6 Å². The number of piperidine rings is 1. The summed E-state index contributed by atoms with van der Waals surface area (Å²) in [6, 6.07) is 0.0161. The first-order chi connectivity index (χ1) is 8.71. The lowest BCUT2D eigenvalue weighted by Gasteiger charge is -2.37. The number of aliphatic hydroxyl groups excluding tert-OH is 1. The molecule has 1 aliphatic rings. The molecule has 1 saturated heterocycles. The Morgan fingerprint density at radius 1 is 1.47 bits per heavy atom. The van der Waals surface area contributed by atoms with Crippen LogP contribution in [0.2, 0.25) is 0 Å². The van der Waals surface area contributed by atoms with Crippen LogP contribution in [-0.4, -0.2) is 53.4 Å². The number of aliphatic hydroxyl groups is 1. The fourth-order valence-corrected chi connectivity index (χ4v) is 2.57. The molecule has 3 unspecified atom stereocenters. The van der Waals surface area contributed by atoms with Gasteiger partial charge >= 0.3 is 5.97 Å². The van der Waals surface area contributed by atoms with Crippen molar-refractivity contribution >= 4 is 5.97 Å². The summed E-state index contributed by atoms with van der Waals surface area (Å²) in [5, 5.41) is 9.94. The van der Waals surface area contributed by atoms with Crippen molar-refractivity contribution in [3.8, 4) is 0 Å². The van der Waals surface area contributed by atoms with Gasteiger partial charge in [-0.25, -0.2) is 0 Å². The summed E-state index contributed by atoms with van der Waals surface area (Å²) < 4.78 is 5.31. The van der Waals surface area contributed by atoms with Crippen LogP contribution in [0.4, 0.5) is 0 Å². The van der Waals surface area contributed by atoms with E-state index in [9.17, 15) is 9.90 Å². The zero-order valence-electron chi connectivity index (χ0n) is 12.6. The molecule has 5 heteroatoms. The summed E-state index contributed by atoms with van der Waals surface area (Å²) >= 11 is 0. The van der Waals surface area contributed by atoms with Crippen LogP contribution in [0.1, 0.15) is 40.5 Å². The van der Waals surface area contributed by atoms with Crippen molar-refractivity contribution in [3.05, 3.63) is 0 Å². The summed E-state index contributed by atoms with van der Waals surface area (Å²) in [6.07, 6.45) is 1.20. The lowest BCUT2D eigenvalue weighted by molar-refractivity contribution is -0.156. The summed E-state index contributed by atoms with van der Waals surface area (Å²) in [6.45, 7) is 9.18. The Balaban J connectivity index is 2.51. The maximum atomic E-state index is 11.8. The Bertz CT molecular complexity index is 302. The second-order valence-corrected chi connectivity index (χ2v) is 6.51. The van der Waals surface area contributed by atoms with Crippen LogP contribution in [0, 0.1) is 5.92 Å². The number of nitrogens with two attached hydrogens (primary N) is 1. The molecule has 0 saturated carbocycles. The minimum absolute atomic E-state index is 0.0161. The van der Waals surface area contributed by atoms with Gasteiger partial charge in [0.2, 0.25) is 0 Å². The fourth-order valence-electron chi connectivity index (χ4n) is 2.57. The lowest BCUT2D eigenvalue weighted by Crippen LogP contribution is -2.51. The quantitative estimate of drug-likeness (QED) is 0.739. The molecule has 3 atom stereocenters. The molecule has 0 aliphatic carbocycles. The van der Waals surface area contributed by atoms with E-state index in [1.165, 1.54) is 0 Å². The van der Waals surface area contributed by atoms with Crippen molar-refractivity contribution in [3.63, 3.8) is 0 Å². The smallest absolute Gasteiger partial charge is 0.320 e. The maximum absolute atomic E-state index is 11.8. The maximum Gasteiger partial charge on any atom is 0.320 e. The molecule has 1 fully saturated rings. The second-order valence-electron chi connectivity index (χ2n) is 6.51. The van der Waals surface area contributed by atoms with Gasteiger partial charge in [-0.3, -0.25) is 9.69 Å². The van der Waals surface area contributed by atoms with Gasteiger partial charge in [-0.2, -0.15) is 0 Å². The van der Waals surface area contributed by atoms with Crippen LogP contribution >= 0.6 is 0 Å². The van der Waals surface area contributed by atoms with Gasteiger partial charge in [0.05, 0.1) is 12.6 Å². The number of hydrogen-bond donors (Lipinski definition) is 2. The molecule has 1 heterocycles. The molecule has 3 N–H and O–H groups in total. The first-order valence-corrected chi connectivity index (χ1v) is 7.09. The van der Waals surface area contributed by atoms with Crippen LogP contribution in [0.15, 0.2) is 0 Å². The third-order valence-electron chi connectivity index (χ3n) is 3.33. The van der Waals surface area contributed by atoms with Crippen molar-refractivity contribution in [2.75, 3.05) is 19.6 Å². The van der Waals surface area contributed by atoms with E-state index in [4.69, 9.17) is 10.5 Å². The van der Waals surface area contributed by atoms with Gasteiger partial charge in [-0.15, -0.1) is 0 Å². The Labute approximate surface area is 116 Å². The van der Waals surface area contributed by atoms with Crippen LogP contribution in [0.25, 0.3) is 0 Å². The molecule has 0 aromatic heterocycles. The van der Waals surface area contributed by atoms with Crippen LogP contribution in [0.5, 0.6) is 0 Å². The van der Waals surface area contributed by atoms with Crippen molar-refractivity contribution in [1.29, 1.82) is 0 Å². The van der Waals surface area contributed by atoms with Gasteiger partial charge in [0, 0.05) is 19.1 Å². The zero-order valence-corrected chi connectivity index (χ0v) is 12.6. The molecule has 1 rings (SSSR count). The third kappa shape index (κ3) is 5.89. The van der Waals surface area contributed by atoms with Gasteiger partial charge in [0.1, 0.15) is 5.60 Å². The SMILES string of the molecule is CCC(O)C1CC(N)CN(CC(=O)OC(C)(C)C)C1. The van der Waals surface area contributed by atoms with Crippen LogP contribution < -0.4 is 5.73 Å². The summed E-state index contributed by atoms with van der Waals surface area (Å²) in [5.74, 6) is -0.0810. The summed E-state index contributed by atoms with van der Waals surface area (Å²) in [7, 11) is 0. The van der Waals surface area contributed by atoms with E-state index >= 15 is 0 Å². The standard InChI is InChI=1S/C14H28N2O3/c1-5-12(17)10-6-11(15)8-16(7-10)9-13(18)19-14(2,3)4/h10-12,17H,5-9,15H2,1-4H3. The van der Waals surface area contributed by atoms with Crippen molar-refractivity contribution in [1.82, 2.24) is 4.90 Å². The highest BCUT2D eigenvalue weighted by Crippen LogP contribution is 2.21. The minimum Gasteiger partial charge on any atom is -0.459 e. The van der Waals surface area contributed by atoms with Crippen LogP contribution in [-0.2, 0) is 9.53 Å². The third-order valence-corrected chi connectivity index (χ3v) is 3.33. The molecular weight excluding hydrogens is 244 g/mol. The minimum atomic E-state index is -0.461. The highest BCUT2D eigenvalue weighted by molar-refractivity contribution is 5.72. The number of rotatable bonds is 4. The molecule has 112 valence electrons. The molecule has 0 radical (unpaired) electrons. The summed E-state index contributed by atoms with van der Waals surface area (Å²) in [5.41, 5.74) is 5.55. The summed E-state index contributed by atoms with van der Waals surface area (Å²) in [4.78, 5) is 13.8. The predicted octanol–water partition coefficient (Wildman–Crippen LogP) is 0.748. The topological polar surface area (TPSA) is 75.8 Å². The largest absolute Gasteiger partial charge is 0.459 e. The first-order valence-electron chi connectivity index (χ1n) is 7.09. The van der Waals surface area contributed by atoms with Gasteiger partial charge in [-0.1, -0.05) is 6.92 Å². The Morgan fingerprint density at radius 2 is 2.11 bits per heavy atom. The number of likely N-dealkylation sites (tertiary alicyclic amines) is 1. The van der Waals surface area contributed by atoms with E-state index in [2.05, 4.69) is 0 Å². The number of esters is 1. The number of carbonyl (C=O) groups excluding carboxylic acids is 1. The number of hydrogen-bond acceptors (Lipinski definition) is 5. The van der Waals surface area contributed by atoms with E-state index < -0.39 is 5.60 Å². The number of ether oxygens (including phenoxy) is 1. The van der Waals surface area contributed by atoms with E-state index in [-0.39, 0.29) is 30.6 Å². The zero-order chi connectivity index (χ0) is 14.6. The van der Waals surface area contributed by atoms with Crippen LogP contribution in [0.3, 0.4) is 0 Å². The highest BCUT2D eigenvalue weighted by atomic mass is 16.6. The molecule has 19 heavy (non-hydrogen) atoms. The Kier molecular flexibility index (Phi) is 5.77. The van der Waals surface area contributed by atoms with Gasteiger partial charge in [0.15, 0.2) is 0 Å². The highest BCUT2D eigenvalue weighted by Gasteiger charge is 2.30.